The molecule has 0 N–H and O–H groups in total. The van der Waals surface area contributed by atoms with Crippen molar-refractivity contribution >= 4 is 80.1 Å². The third-order valence-electron chi connectivity index (χ3n) is 2.58. The van der Waals surface area contributed by atoms with Gasteiger partial charge in [0.2, 0.25) is 0 Å². The molecule has 0 unspecified atom stereocenters. The molecule has 2 aromatic rings. The maximum absolute atomic E-state index is 3.66. The molecule has 0 saturated carbocycles. The SMILES string of the molecule is [CH3][Sn]([CH3])([c]1cscc1Br)[c]1cscc1Br. The number of rotatable bonds is 2. The first kappa shape index (κ1) is 12.6. The molecular weight excluding hydrogens is 463 g/mol. The van der Waals surface area contributed by atoms with Crippen LogP contribution in [0.4, 0.5) is 0 Å². The summed E-state index contributed by atoms with van der Waals surface area (Å²) >= 11 is 8.59. The summed E-state index contributed by atoms with van der Waals surface area (Å²) in [7, 11) is 0. The van der Waals surface area contributed by atoms with Crippen molar-refractivity contribution in [2.45, 2.75) is 9.88 Å². The monoisotopic (exact) mass is 472 g/mol. The Balaban J connectivity index is 2.53. The fraction of sp³-hybridized carbons (Fsp3) is 0.200. The van der Waals surface area contributed by atoms with Gasteiger partial charge in [0.15, 0.2) is 0 Å². The quantitative estimate of drug-likeness (QED) is 0.576. The fourth-order valence-corrected chi connectivity index (χ4v) is 22.6. The molecule has 2 aromatic heterocycles. The van der Waals surface area contributed by atoms with Gasteiger partial charge in [0, 0.05) is 0 Å². The zero-order valence-electron chi connectivity index (χ0n) is 8.38. The molecular formula is C10H10Br2S2Sn. The summed E-state index contributed by atoms with van der Waals surface area (Å²) < 4.78 is 5.72. The van der Waals surface area contributed by atoms with Gasteiger partial charge >= 0.3 is 120 Å². The van der Waals surface area contributed by atoms with E-state index in [1.807, 2.05) is 0 Å². The van der Waals surface area contributed by atoms with Gasteiger partial charge in [0.25, 0.3) is 0 Å². The van der Waals surface area contributed by atoms with Gasteiger partial charge in [0.1, 0.15) is 0 Å². The number of thiophene rings is 2. The molecule has 2 rings (SSSR count). The van der Waals surface area contributed by atoms with Crippen molar-refractivity contribution < 1.29 is 0 Å². The third-order valence-corrected chi connectivity index (χ3v) is 19.3. The van der Waals surface area contributed by atoms with Crippen LogP contribution >= 0.6 is 54.5 Å². The van der Waals surface area contributed by atoms with E-state index in [0.29, 0.717) is 0 Å². The summed E-state index contributed by atoms with van der Waals surface area (Å²) in [5, 5.41) is 9.00. The Hall–Kier alpha value is 1.16. The Labute approximate surface area is 119 Å². The molecule has 0 atom stereocenters. The number of hydrogen-bond acceptors (Lipinski definition) is 2. The first-order valence-corrected chi connectivity index (χ1v) is 16.5. The van der Waals surface area contributed by atoms with E-state index in [-0.39, 0.29) is 0 Å². The average Bonchev–Trinajstić information content (AvgIpc) is 2.73. The van der Waals surface area contributed by atoms with Crippen LogP contribution in [0.25, 0.3) is 0 Å². The number of hydrogen-bond donors (Lipinski definition) is 0. The van der Waals surface area contributed by atoms with Crippen LogP contribution in [0.3, 0.4) is 0 Å². The van der Waals surface area contributed by atoms with Crippen LogP contribution in [0, 0.1) is 0 Å². The van der Waals surface area contributed by atoms with Crippen LogP contribution in [0.2, 0.25) is 9.88 Å². The Morgan fingerprint density at radius 1 is 0.867 bits per heavy atom. The molecule has 80 valence electrons. The predicted octanol–water partition coefficient (Wildman–Crippen LogP) is 4.16. The molecule has 2 heterocycles. The van der Waals surface area contributed by atoms with Gasteiger partial charge in [-0.25, -0.2) is 0 Å². The molecule has 0 aliphatic carbocycles. The summed E-state index contributed by atoms with van der Waals surface area (Å²) in [5.74, 6) is 0. The molecule has 0 spiro atoms. The van der Waals surface area contributed by atoms with Gasteiger partial charge in [-0.3, -0.25) is 0 Å². The summed E-state index contributed by atoms with van der Waals surface area (Å²) in [4.78, 5) is 4.93. The van der Waals surface area contributed by atoms with E-state index in [0.717, 1.165) is 0 Å². The van der Waals surface area contributed by atoms with Crippen LogP contribution in [-0.4, -0.2) is 18.4 Å². The van der Waals surface area contributed by atoms with E-state index < -0.39 is 18.4 Å². The van der Waals surface area contributed by atoms with Crippen molar-refractivity contribution in [1.29, 1.82) is 0 Å². The average molecular weight is 473 g/mol. The molecule has 5 heteroatoms. The molecule has 0 aromatic carbocycles. The Kier molecular flexibility index (Phi) is 4.04. The van der Waals surface area contributed by atoms with Crippen LogP contribution in [0.15, 0.2) is 30.5 Å². The van der Waals surface area contributed by atoms with Crippen molar-refractivity contribution in [3.05, 3.63) is 30.5 Å². The van der Waals surface area contributed by atoms with Gasteiger partial charge < -0.3 is 0 Å². The van der Waals surface area contributed by atoms with Gasteiger partial charge in [-0.2, -0.15) is 0 Å². The molecule has 0 aliphatic rings. The molecule has 0 amide bonds. The molecule has 0 saturated heterocycles. The molecule has 0 nitrogen and oxygen atoms in total. The Bertz CT molecular complexity index is 431. The molecule has 15 heavy (non-hydrogen) atoms. The second kappa shape index (κ2) is 4.80. The van der Waals surface area contributed by atoms with E-state index >= 15 is 0 Å². The molecule has 0 fully saturated rings. The van der Waals surface area contributed by atoms with Gasteiger partial charge in [-0.15, -0.1) is 0 Å². The second-order valence-electron chi connectivity index (χ2n) is 3.89. The number of halogens is 2. The second-order valence-corrected chi connectivity index (χ2v) is 19.4. The van der Waals surface area contributed by atoms with Crippen molar-refractivity contribution in [3.8, 4) is 0 Å². The van der Waals surface area contributed by atoms with Crippen LogP contribution in [0.5, 0.6) is 0 Å². The maximum atomic E-state index is 3.66. The van der Waals surface area contributed by atoms with Gasteiger partial charge in [-0.05, 0) is 0 Å². The third kappa shape index (κ3) is 2.39. The summed E-state index contributed by atoms with van der Waals surface area (Å²) in [5.41, 5.74) is 0. The summed E-state index contributed by atoms with van der Waals surface area (Å²) in [6.45, 7) is 0. The fourth-order valence-electron chi connectivity index (χ4n) is 1.60. The molecule has 0 bridgehead atoms. The van der Waals surface area contributed by atoms with Gasteiger partial charge in [-0.1, -0.05) is 0 Å². The molecule has 0 radical (unpaired) electrons. The predicted molar refractivity (Wildman–Crippen MR) is 80.8 cm³/mol. The topological polar surface area (TPSA) is 0 Å². The van der Waals surface area contributed by atoms with E-state index in [1.54, 1.807) is 29.8 Å². The van der Waals surface area contributed by atoms with E-state index in [2.05, 4.69) is 63.3 Å². The summed E-state index contributed by atoms with van der Waals surface area (Å²) in [6, 6.07) is 0. The molecule has 0 aliphatic heterocycles. The van der Waals surface area contributed by atoms with Crippen molar-refractivity contribution in [2.24, 2.45) is 0 Å². The van der Waals surface area contributed by atoms with Crippen LogP contribution < -0.4 is 7.16 Å². The Morgan fingerprint density at radius 2 is 1.27 bits per heavy atom. The minimum absolute atomic E-state index is 1.30. The zero-order valence-corrected chi connectivity index (χ0v) is 16.0. The minimum atomic E-state index is -2.32. The van der Waals surface area contributed by atoms with Crippen molar-refractivity contribution in [3.63, 3.8) is 0 Å². The normalized spacial score (nSPS) is 12.0. The van der Waals surface area contributed by atoms with E-state index in [9.17, 15) is 0 Å². The first-order chi connectivity index (χ1) is 7.03. The van der Waals surface area contributed by atoms with Crippen LogP contribution in [0.1, 0.15) is 0 Å². The van der Waals surface area contributed by atoms with Crippen molar-refractivity contribution in [1.82, 2.24) is 0 Å². The van der Waals surface area contributed by atoms with Crippen molar-refractivity contribution in [2.75, 3.05) is 0 Å². The first-order valence-electron chi connectivity index (χ1n) is 4.48. The zero-order chi connectivity index (χ0) is 11.1. The van der Waals surface area contributed by atoms with E-state index in [4.69, 9.17) is 0 Å². The standard InChI is InChI=1S/2C4H2BrS.2CH3.Sn/c2*5-4-1-2-6-3-4;;;/h2*2-3H;2*1H3;. The van der Waals surface area contributed by atoms with Gasteiger partial charge in [0.05, 0.1) is 0 Å². The Morgan fingerprint density at radius 3 is 1.53 bits per heavy atom. The van der Waals surface area contributed by atoms with Crippen LogP contribution in [-0.2, 0) is 0 Å². The summed E-state index contributed by atoms with van der Waals surface area (Å²) in [6.07, 6.45) is 0. The van der Waals surface area contributed by atoms with E-state index in [1.165, 1.54) is 8.95 Å².